The summed E-state index contributed by atoms with van der Waals surface area (Å²) in [6.45, 7) is 8.01. The molecule has 2 rings (SSSR count). The number of nitrogens with two attached hydrogens (primary N) is 1. The molecule has 0 saturated heterocycles. The number of hydrogen-bond donors (Lipinski definition) is 1. The molecule has 1 aromatic rings. The van der Waals surface area contributed by atoms with E-state index in [1.54, 1.807) is 0 Å². The normalized spacial score (nSPS) is 14.9. The van der Waals surface area contributed by atoms with E-state index in [-0.39, 0.29) is 0 Å². The molecule has 1 aromatic heterocycles. The first-order chi connectivity index (χ1) is 8.61. The predicted octanol–water partition coefficient (Wildman–Crippen LogP) is 2.69. The first-order valence-corrected chi connectivity index (χ1v) is 6.77. The molecular formula is C14H23N3O. The van der Waals surface area contributed by atoms with Gasteiger partial charge in [0.05, 0.1) is 12.3 Å². The molecular weight excluding hydrogens is 226 g/mol. The molecule has 0 spiro atoms. The largest absolute Gasteiger partial charge is 0.476 e. The van der Waals surface area contributed by atoms with E-state index in [1.807, 2.05) is 12.1 Å². The summed E-state index contributed by atoms with van der Waals surface area (Å²) in [5, 5.41) is 0. The van der Waals surface area contributed by atoms with Crippen molar-refractivity contribution in [2.24, 2.45) is 5.92 Å². The maximum atomic E-state index is 5.90. The van der Waals surface area contributed by atoms with E-state index >= 15 is 0 Å². The summed E-state index contributed by atoms with van der Waals surface area (Å²) in [4.78, 5) is 6.88. The zero-order valence-corrected chi connectivity index (χ0v) is 11.5. The molecule has 0 aromatic carbocycles. The van der Waals surface area contributed by atoms with Gasteiger partial charge in [-0.1, -0.05) is 13.8 Å². The Bertz CT molecular complexity index is 402. The smallest absolute Gasteiger partial charge is 0.239 e. The number of rotatable bonds is 6. The van der Waals surface area contributed by atoms with Crippen LogP contribution in [0.5, 0.6) is 5.88 Å². The van der Waals surface area contributed by atoms with Gasteiger partial charge in [0.25, 0.3) is 0 Å². The van der Waals surface area contributed by atoms with Gasteiger partial charge in [0.15, 0.2) is 0 Å². The van der Waals surface area contributed by atoms with Crippen molar-refractivity contribution >= 4 is 11.5 Å². The molecule has 0 radical (unpaired) electrons. The molecule has 1 heterocycles. The lowest BCUT2D eigenvalue weighted by atomic mass is 10.2. The predicted molar refractivity (Wildman–Crippen MR) is 75.0 cm³/mol. The number of hydrogen-bond acceptors (Lipinski definition) is 4. The maximum Gasteiger partial charge on any atom is 0.239 e. The van der Waals surface area contributed by atoms with Crippen LogP contribution in [-0.2, 0) is 0 Å². The van der Waals surface area contributed by atoms with E-state index in [1.165, 1.54) is 12.8 Å². The monoisotopic (exact) mass is 249 g/mol. The van der Waals surface area contributed by atoms with Gasteiger partial charge in [-0.2, -0.15) is 4.98 Å². The van der Waals surface area contributed by atoms with Gasteiger partial charge in [0.2, 0.25) is 5.88 Å². The fraction of sp³-hybridized carbons (Fsp3) is 0.643. The first-order valence-electron chi connectivity index (χ1n) is 6.77. The van der Waals surface area contributed by atoms with Crippen LogP contribution < -0.4 is 15.4 Å². The Labute approximate surface area is 109 Å². The van der Waals surface area contributed by atoms with E-state index in [4.69, 9.17) is 10.5 Å². The zero-order chi connectivity index (χ0) is 13.1. The van der Waals surface area contributed by atoms with Crippen molar-refractivity contribution in [3.63, 3.8) is 0 Å². The highest BCUT2D eigenvalue weighted by molar-refractivity contribution is 5.55. The van der Waals surface area contributed by atoms with E-state index < -0.39 is 0 Å². The molecule has 1 fully saturated rings. The van der Waals surface area contributed by atoms with Gasteiger partial charge < -0.3 is 15.4 Å². The van der Waals surface area contributed by atoms with Crippen molar-refractivity contribution in [3.05, 3.63) is 12.1 Å². The van der Waals surface area contributed by atoms with Crippen molar-refractivity contribution in [2.45, 2.75) is 39.7 Å². The minimum Gasteiger partial charge on any atom is -0.476 e. The van der Waals surface area contributed by atoms with Crippen molar-refractivity contribution < 1.29 is 4.74 Å². The van der Waals surface area contributed by atoms with Crippen LogP contribution in [0, 0.1) is 5.92 Å². The summed E-state index contributed by atoms with van der Waals surface area (Å²) in [7, 11) is 0. The molecule has 100 valence electrons. The summed E-state index contributed by atoms with van der Waals surface area (Å²) in [6.07, 6.45) is 2.53. The molecule has 0 bridgehead atoms. The zero-order valence-electron chi connectivity index (χ0n) is 11.5. The van der Waals surface area contributed by atoms with Gasteiger partial charge in [0, 0.05) is 12.6 Å². The van der Waals surface area contributed by atoms with Gasteiger partial charge in [-0.25, -0.2) is 0 Å². The Kier molecular flexibility index (Phi) is 3.94. The van der Waals surface area contributed by atoms with Crippen LogP contribution in [0.15, 0.2) is 12.1 Å². The SMILES string of the molecule is CCN(c1ccc(N)c(OCC(C)C)n1)C1CC1. The molecule has 0 unspecified atom stereocenters. The van der Waals surface area contributed by atoms with E-state index in [0.717, 1.165) is 12.4 Å². The van der Waals surface area contributed by atoms with Crippen molar-refractivity contribution in [2.75, 3.05) is 23.8 Å². The summed E-state index contributed by atoms with van der Waals surface area (Å²) in [5.74, 6) is 2.02. The third-order valence-corrected chi connectivity index (χ3v) is 3.05. The lowest BCUT2D eigenvalue weighted by Gasteiger charge is -2.22. The van der Waals surface area contributed by atoms with Gasteiger partial charge >= 0.3 is 0 Å². The number of ether oxygens (including phenoxy) is 1. The van der Waals surface area contributed by atoms with Crippen LogP contribution in [0.4, 0.5) is 11.5 Å². The lowest BCUT2D eigenvalue weighted by molar-refractivity contribution is 0.263. The van der Waals surface area contributed by atoms with Gasteiger partial charge in [-0.05, 0) is 37.8 Å². The van der Waals surface area contributed by atoms with Crippen molar-refractivity contribution in [1.82, 2.24) is 4.98 Å². The third-order valence-electron chi connectivity index (χ3n) is 3.05. The van der Waals surface area contributed by atoms with Crippen molar-refractivity contribution in [3.8, 4) is 5.88 Å². The van der Waals surface area contributed by atoms with Crippen LogP contribution in [0.2, 0.25) is 0 Å². The number of anilines is 2. The molecule has 0 atom stereocenters. The van der Waals surface area contributed by atoms with Gasteiger partial charge in [-0.3, -0.25) is 0 Å². The van der Waals surface area contributed by atoms with E-state index in [9.17, 15) is 0 Å². The highest BCUT2D eigenvalue weighted by atomic mass is 16.5. The molecule has 0 amide bonds. The third kappa shape index (κ3) is 3.06. The van der Waals surface area contributed by atoms with Crippen LogP contribution in [-0.4, -0.2) is 24.2 Å². The summed E-state index contributed by atoms with van der Waals surface area (Å²) < 4.78 is 5.67. The maximum absolute atomic E-state index is 5.90. The number of nitrogens with zero attached hydrogens (tertiary/aromatic N) is 2. The highest BCUT2D eigenvalue weighted by Gasteiger charge is 2.29. The van der Waals surface area contributed by atoms with Crippen LogP contribution in [0.25, 0.3) is 0 Å². The summed E-state index contributed by atoms with van der Waals surface area (Å²) in [5.41, 5.74) is 6.52. The topological polar surface area (TPSA) is 51.4 Å². The summed E-state index contributed by atoms with van der Waals surface area (Å²) in [6, 6.07) is 4.53. The number of nitrogen functional groups attached to an aromatic ring is 1. The van der Waals surface area contributed by atoms with Gasteiger partial charge in [-0.15, -0.1) is 0 Å². The van der Waals surface area contributed by atoms with Gasteiger partial charge in [0.1, 0.15) is 5.82 Å². The molecule has 0 aliphatic heterocycles. The van der Waals surface area contributed by atoms with E-state index in [2.05, 4.69) is 30.7 Å². The lowest BCUT2D eigenvalue weighted by Crippen LogP contribution is -2.26. The highest BCUT2D eigenvalue weighted by Crippen LogP contribution is 2.32. The molecule has 1 aliphatic carbocycles. The Balaban J connectivity index is 2.14. The second kappa shape index (κ2) is 5.46. The first kappa shape index (κ1) is 13.0. The molecule has 2 N–H and O–H groups in total. The Morgan fingerprint density at radius 2 is 2.17 bits per heavy atom. The minimum atomic E-state index is 0.473. The van der Waals surface area contributed by atoms with Crippen LogP contribution in [0.3, 0.4) is 0 Å². The molecule has 1 aliphatic rings. The Morgan fingerprint density at radius 3 is 2.72 bits per heavy atom. The number of pyridine rings is 1. The van der Waals surface area contributed by atoms with E-state index in [0.29, 0.717) is 30.1 Å². The van der Waals surface area contributed by atoms with Crippen LogP contribution in [0.1, 0.15) is 33.6 Å². The Morgan fingerprint density at radius 1 is 1.44 bits per heavy atom. The molecule has 4 nitrogen and oxygen atoms in total. The second-order valence-electron chi connectivity index (χ2n) is 5.29. The average Bonchev–Trinajstić information content (AvgIpc) is 3.14. The van der Waals surface area contributed by atoms with Crippen LogP contribution >= 0.6 is 0 Å². The fourth-order valence-corrected chi connectivity index (χ4v) is 1.96. The fourth-order valence-electron chi connectivity index (χ4n) is 1.96. The molecule has 4 heteroatoms. The summed E-state index contributed by atoms with van der Waals surface area (Å²) >= 11 is 0. The number of aromatic nitrogens is 1. The van der Waals surface area contributed by atoms with Crippen molar-refractivity contribution in [1.29, 1.82) is 0 Å². The quantitative estimate of drug-likeness (QED) is 0.842. The standard InChI is InChI=1S/C14H23N3O/c1-4-17(11-5-6-11)13-8-7-12(15)14(16-13)18-9-10(2)3/h7-8,10-11H,4-6,9,15H2,1-3H3. The average molecular weight is 249 g/mol. The molecule has 1 saturated carbocycles. The second-order valence-corrected chi connectivity index (χ2v) is 5.29. The molecule has 18 heavy (non-hydrogen) atoms. The minimum absolute atomic E-state index is 0.473. The Hall–Kier alpha value is -1.45.